The van der Waals surface area contributed by atoms with Gasteiger partial charge in [0.25, 0.3) is 0 Å². The number of hydrogen-bond donors (Lipinski definition) is 0. The normalized spacial score (nSPS) is 12.4. The molecule has 0 saturated heterocycles. The van der Waals surface area contributed by atoms with E-state index in [1.807, 2.05) is 32.9 Å². The standard InChI is InChI=1S/C12H20NO3P/c1-5-12(9-8-11(4)13-14)10-17(15-6-2)16-7-3/h5,8-9H,4,6-7,10H2,1-3H3/b9-8-,12-5+. The van der Waals surface area contributed by atoms with E-state index in [1.165, 1.54) is 0 Å². The van der Waals surface area contributed by atoms with Crippen molar-refractivity contribution in [2.24, 2.45) is 5.18 Å². The van der Waals surface area contributed by atoms with E-state index in [1.54, 1.807) is 6.08 Å². The summed E-state index contributed by atoms with van der Waals surface area (Å²) in [7, 11) is -0.899. The summed E-state index contributed by atoms with van der Waals surface area (Å²) in [6.45, 7) is 10.6. The number of nitroso groups, excluding NO2 is 1. The summed E-state index contributed by atoms with van der Waals surface area (Å²) in [5.74, 6) is 0. The van der Waals surface area contributed by atoms with Gasteiger partial charge < -0.3 is 9.05 Å². The second-order valence-corrected chi connectivity index (χ2v) is 4.60. The molecule has 0 aromatic carbocycles. The van der Waals surface area contributed by atoms with Gasteiger partial charge in [0.2, 0.25) is 0 Å². The number of allylic oxidation sites excluding steroid dienone is 4. The van der Waals surface area contributed by atoms with Crippen LogP contribution in [0.3, 0.4) is 0 Å². The molecule has 0 N–H and O–H groups in total. The van der Waals surface area contributed by atoms with Crippen LogP contribution in [0.15, 0.2) is 41.3 Å². The van der Waals surface area contributed by atoms with E-state index in [0.29, 0.717) is 19.4 Å². The Morgan fingerprint density at radius 2 is 1.88 bits per heavy atom. The first-order valence-corrected chi connectivity index (χ1v) is 6.93. The third-order valence-electron chi connectivity index (χ3n) is 1.84. The second-order valence-electron chi connectivity index (χ2n) is 3.11. The zero-order chi connectivity index (χ0) is 13.1. The summed E-state index contributed by atoms with van der Waals surface area (Å²) in [6.07, 6.45) is 6.07. The van der Waals surface area contributed by atoms with Gasteiger partial charge in [0.1, 0.15) is 5.70 Å². The first kappa shape index (κ1) is 16.2. The van der Waals surface area contributed by atoms with Crippen LogP contribution >= 0.6 is 8.38 Å². The highest BCUT2D eigenvalue weighted by Crippen LogP contribution is 2.40. The molecule has 0 heterocycles. The minimum Gasteiger partial charge on any atom is -0.334 e. The van der Waals surface area contributed by atoms with Gasteiger partial charge in [0.15, 0.2) is 8.38 Å². The van der Waals surface area contributed by atoms with Crippen LogP contribution in [0.4, 0.5) is 0 Å². The lowest BCUT2D eigenvalue weighted by Crippen LogP contribution is -1.96. The van der Waals surface area contributed by atoms with Crippen molar-refractivity contribution in [3.63, 3.8) is 0 Å². The minimum absolute atomic E-state index is 0.210. The molecular weight excluding hydrogens is 237 g/mol. The van der Waals surface area contributed by atoms with Gasteiger partial charge >= 0.3 is 0 Å². The maximum atomic E-state index is 10.2. The van der Waals surface area contributed by atoms with Gasteiger partial charge in [-0.3, -0.25) is 0 Å². The third kappa shape index (κ3) is 7.97. The Morgan fingerprint density at radius 1 is 1.29 bits per heavy atom. The van der Waals surface area contributed by atoms with Gasteiger partial charge in [-0.05, 0) is 37.6 Å². The van der Waals surface area contributed by atoms with Crippen LogP contribution in [0.5, 0.6) is 0 Å². The van der Waals surface area contributed by atoms with Crippen molar-refractivity contribution in [1.29, 1.82) is 0 Å². The molecule has 0 rings (SSSR count). The molecule has 0 spiro atoms. The maximum absolute atomic E-state index is 10.2. The van der Waals surface area contributed by atoms with Gasteiger partial charge in [0, 0.05) is 6.16 Å². The molecule has 0 amide bonds. The average Bonchev–Trinajstić information content (AvgIpc) is 2.34. The molecule has 0 bridgehead atoms. The SMILES string of the molecule is C=C(/C=C\C(=C/C)CP(OCC)OCC)N=O. The zero-order valence-corrected chi connectivity index (χ0v) is 11.6. The summed E-state index contributed by atoms with van der Waals surface area (Å²) < 4.78 is 11.0. The molecule has 5 heteroatoms. The third-order valence-corrected chi connectivity index (χ3v) is 3.55. The highest BCUT2D eigenvalue weighted by molar-refractivity contribution is 7.47. The summed E-state index contributed by atoms with van der Waals surface area (Å²) >= 11 is 0. The number of rotatable bonds is 9. The lowest BCUT2D eigenvalue weighted by atomic mass is 10.2. The minimum atomic E-state index is -0.899. The van der Waals surface area contributed by atoms with E-state index in [2.05, 4.69) is 11.8 Å². The van der Waals surface area contributed by atoms with Crippen LogP contribution in [0.25, 0.3) is 0 Å². The van der Waals surface area contributed by atoms with Crippen molar-refractivity contribution in [2.45, 2.75) is 20.8 Å². The quantitative estimate of drug-likeness (QED) is 0.354. The molecule has 4 nitrogen and oxygen atoms in total. The predicted octanol–water partition coefficient (Wildman–Crippen LogP) is 4.15. The average molecular weight is 257 g/mol. The molecule has 0 aromatic heterocycles. The second kappa shape index (κ2) is 10.3. The smallest absolute Gasteiger partial charge is 0.175 e. The van der Waals surface area contributed by atoms with Gasteiger partial charge in [-0.2, -0.15) is 0 Å². The van der Waals surface area contributed by atoms with Crippen LogP contribution in [-0.4, -0.2) is 19.4 Å². The lowest BCUT2D eigenvalue weighted by Gasteiger charge is -2.15. The molecule has 0 aliphatic carbocycles. The molecule has 0 saturated carbocycles. The van der Waals surface area contributed by atoms with Crippen LogP contribution < -0.4 is 0 Å². The van der Waals surface area contributed by atoms with Gasteiger partial charge in [-0.25, -0.2) is 0 Å². The molecule has 0 aliphatic heterocycles. The summed E-state index contributed by atoms with van der Waals surface area (Å²) in [5, 5.41) is 2.73. The highest BCUT2D eigenvalue weighted by atomic mass is 31.2. The first-order chi connectivity index (χ1) is 8.17. The van der Waals surface area contributed by atoms with Gasteiger partial charge in [0.05, 0.1) is 13.2 Å². The monoisotopic (exact) mass is 257 g/mol. The molecule has 0 atom stereocenters. The number of hydrogen-bond acceptors (Lipinski definition) is 4. The Hall–Kier alpha value is -0.830. The first-order valence-electron chi connectivity index (χ1n) is 5.56. The molecule has 0 aromatic rings. The van der Waals surface area contributed by atoms with Crippen molar-refractivity contribution in [3.05, 3.63) is 41.0 Å². The largest absolute Gasteiger partial charge is 0.334 e. The molecule has 17 heavy (non-hydrogen) atoms. The number of nitrogens with zero attached hydrogens (tertiary/aromatic N) is 1. The Morgan fingerprint density at radius 3 is 2.29 bits per heavy atom. The fraction of sp³-hybridized carbons (Fsp3) is 0.500. The van der Waals surface area contributed by atoms with Crippen LogP contribution in [0.1, 0.15) is 20.8 Å². The zero-order valence-electron chi connectivity index (χ0n) is 10.7. The van der Waals surface area contributed by atoms with Gasteiger partial charge in [-0.1, -0.05) is 18.7 Å². The summed E-state index contributed by atoms with van der Waals surface area (Å²) in [6, 6.07) is 0. The van der Waals surface area contributed by atoms with E-state index in [0.717, 1.165) is 5.57 Å². The lowest BCUT2D eigenvalue weighted by molar-refractivity contribution is 0.271. The molecular formula is C12H20NO3P. The fourth-order valence-corrected chi connectivity index (χ4v) is 2.46. The van der Waals surface area contributed by atoms with Crippen molar-refractivity contribution < 1.29 is 9.05 Å². The molecule has 0 unspecified atom stereocenters. The summed E-state index contributed by atoms with van der Waals surface area (Å²) in [5.41, 5.74) is 1.25. The van der Waals surface area contributed by atoms with Crippen molar-refractivity contribution in [1.82, 2.24) is 0 Å². The van der Waals surface area contributed by atoms with Crippen molar-refractivity contribution >= 4 is 8.38 Å². The Labute approximate surface area is 104 Å². The highest BCUT2D eigenvalue weighted by Gasteiger charge is 2.10. The van der Waals surface area contributed by atoms with E-state index < -0.39 is 8.38 Å². The Bertz CT molecular complexity index is 294. The molecule has 0 aliphatic rings. The maximum Gasteiger partial charge on any atom is 0.175 e. The Balaban J connectivity index is 4.41. The van der Waals surface area contributed by atoms with Crippen molar-refractivity contribution in [2.75, 3.05) is 19.4 Å². The summed E-state index contributed by atoms with van der Waals surface area (Å²) in [4.78, 5) is 10.2. The molecule has 96 valence electrons. The topological polar surface area (TPSA) is 47.9 Å². The van der Waals surface area contributed by atoms with E-state index >= 15 is 0 Å². The van der Waals surface area contributed by atoms with E-state index in [4.69, 9.17) is 9.05 Å². The van der Waals surface area contributed by atoms with Gasteiger partial charge in [-0.15, -0.1) is 4.91 Å². The van der Waals surface area contributed by atoms with E-state index in [-0.39, 0.29) is 5.70 Å². The van der Waals surface area contributed by atoms with Crippen LogP contribution in [0, 0.1) is 4.91 Å². The molecule has 0 radical (unpaired) electrons. The molecule has 0 fully saturated rings. The van der Waals surface area contributed by atoms with Crippen molar-refractivity contribution in [3.8, 4) is 0 Å². The predicted molar refractivity (Wildman–Crippen MR) is 72.9 cm³/mol. The fourth-order valence-electron chi connectivity index (χ4n) is 1.04. The Kier molecular flexibility index (Phi) is 9.83. The van der Waals surface area contributed by atoms with E-state index in [9.17, 15) is 4.91 Å². The van der Waals surface area contributed by atoms with Crippen LogP contribution in [0.2, 0.25) is 0 Å². The van der Waals surface area contributed by atoms with Crippen LogP contribution in [-0.2, 0) is 9.05 Å².